The van der Waals surface area contributed by atoms with Crippen molar-refractivity contribution in [3.8, 4) is 5.69 Å². The van der Waals surface area contributed by atoms with E-state index in [1.165, 1.54) is 27.3 Å². The quantitative estimate of drug-likeness (QED) is 0.477. The van der Waals surface area contributed by atoms with Crippen LogP contribution in [0.2, 0.25) is 0 Å². The molecule has 5 nitrogen and oxygen atoms in total. The van der Waals surface area contributed by atoms with Gasteiger partial charge in [0.25, 0.3) is 5.56 Å². The first-order chi connectivity index (χ1) is 14.5. The third kappa shape index (κ3) is 3.67. The van der Waals surface area contributed by atoms with Gasteiger partial charge in [-0.15, -0.1) is 11.3 Å². The average molecular weight is 444 g/mol. The van der Waals surface area contributed by atoms with E-state index in [0.717, 1.165) is 37.7 Å². The van der Waals surface area contributed by atoms with E-state index < -0.39 is 5.82 Å². The Morgan fingerprint density at radius 2 is 2.13 bits per heavy atom. The molecule has 1 amide bonds. The van der Waals surface area contributed by atoms with Gasteiger partial charge in [-0.25, -0.2) is 9.37 Å². The number of thiophene rings is 1. The van der Waals surface area contributed by atoms with Gasteiger partial charge in [-0.3, -0.25) is 14.2 Å². The minimum absolute atomic E-state index is 0.0868. The maximum absolute atomic E-state index is 14.7. The summed E-state index contributed by atoms with van der Waals surface area (Å²) in [6, 6.07) is 6.49. The topological polar surface area (TPSA) is 64.0 Å². The minimum Gasteiger partial charge on any atom is -0.353 e. The van der Waals surface area contributed by atoms with Crippen LogP contribution in [0.5, 0.6) is 0 Å². The van der Waals surface area contributed by atoms with E-state index >= 15 is 0 Å². The molecule has 0 radical (unpaired) electrons. The highest BCUT2D eigenvalue weighted by Crippen LogP contribution is 2.37. The fourth-order valence-electron chi connectivity index (χ4n) is 3.94. The first-order valence-electron chi connectivity index (χ1n) is 10.3. The third-order valence-electron chi connectivity index (χ3n) is 5.67. The predicted molar refractivity (Wildman–Crippen MR) is 118 cm³/mol. The van der Waals surface area contributed by atoms with Crippen LogP contribution >= 0.6 is 23.1 Å². The van der Waals surface area contributed by atoms with Crippen LogP contribution in [-0.4, -0.2) is 27.3 Å². The molecule has 8 heteroatoms. The van der Waals surface area contributed by atoms with Gasteiger partial charge in [0.05, 0.1) is 16.8 Å². The van der Waals surface area contributed by atoms with Gasteiger partial charge in [0.15, 0.2) is 5.16 Å². The van der Waals surface area contributed by atoms with Crippen LogP contribution in [0.1, 0.15) is 36.6 Å². The number of thioether (sulfide) groups is 1. The van der Waals surface area contributed by atoms with E-state index in [1.807, 2.05) is 0 Å². The van der Waals surface area contributed by atoms with Gasteiger partial charge in [0, 0.05) is 10.9 Å². The van der Waals surface area contributed by atoms with Crippen molar-refractivity contribution >= 4 is 39.2 Å². The SMILES string of the molecule is C[C@H]1CCc2c(sc3nc(SCC(=O)NC4CC4)n(-c4ccccc4F)c(=O)c23)C1. The number of rotatable bonds is 5. The smallest absolute Gasteiger partial charge is 0.267 e. The fraction of sp³-hybridized carbons (Fsp3) is 0.409. The Morgan fingerprint density at radius 1 is 1.33 bits per heavy atom. The summed E-state index contributed by atoms with van der Waals surface area (Å²) in [4.78, 5) is 32.5. The van der Waals surface area contributed by atoms with Crippen LogP contribution in [-0.2, 0) is 17.6 Å². The Bertz CT molecular complexity index is 1200. The molecule has 1 atom stereocenters. The molecule has 1 saturated carbocycles. The van der Waals surface area contributed by atoms with Crippen molar-refractivity contribution in [1.82, 2.24) is 14.9 Å². The number of hydrogen-bond acceptors (Lipinski definition) is 5. The number of nitrogens with one attached hydrogen (secondary N) is 1. The molecule has 1 aromatic carbocycles. The lowest BCUT2D eigenvalue weighted by Gasteiger charge is -2.18. The van der Waals surface area contributed by atoms with E-state index in [2.05, 4.69) is 12.2 Å². The van der Waals surface area contributed by atoms with Gasteiger partial charge in [-0.1, -0.05) is 30.8 Å². The molecule has 1 fully saturated rings. The summed E-state index contributed by atoms with van der Waals surface area (Å²) in [5.74, 6) is 0.156. The van der Waals surface area contributed by atoms with Gasteiger partial charge in [-0.05, 0) is 55.7 Å². The second-order valence-corrected chi connectivity index (χ2v) is 10.2. The Kier molecular flexibility index (Phi) is 5.14. The van der Waals surface area contributed by atoms with Crippen LogP contribution in [0.15, 0.2) is 34.2 Å². The average Bonchev–Trinajstić information content (AvgIpc) is 3.45. The zero-order chi connectivity index (χ0) is 20.8. The van der Waals surface area contributed by atoms with E-state index in [4.69, 9.17) is 4.98 Å². The van der Waals surface area contributed by atoms with Crippen molar-refractivity contribution in [2.75, 3.05) is 5.75 Å². The number of aryl methyl sites for hydroxylation is 1. The Balaban J connectivity index is 1.63. The van der Waals surface area contributed by atoms with Crippen LogP contribution in [0.3, 0.4) is 0 Å². The molecule has 3 aromatic rings. The minimum atomic E-state index is -0.484. The van der Waals surface area contributed by atoms with Crippen molar-refractivity contribution in [3.63, 3.8) is 0 Å². The van der Waals surface area contributed by atoms with E-state index in [0.29, 0.717) is 21.3 Å². The molecule has 2 aromatic heterocycles. The van der Waals surface area contributed by atoms with Gasteiger partial charge < -0.3 is 5.32 Å². The highest BCUT2D eigenvalue weighted by Gasteiger charge is 2.27. The van der Waals surface area contributed by atoms with Crippen LogP contribution in [0, 0.1) is 11.7 Å². The molecule has 5 rings (SSSR count). The summed E-state index contributed by atoms with van der Waals surface area (Å²) in [5, 5.41) is 3.91. The van der Waals surface area contributed by atoms with Crippen molar-refractivity contribution in [1.29, 1.82) is 0 Å². The Morgan fingerprint density at radius 3 is 2.90 bits per heavy atom. The summed E-state index contributed by atoms with van der Waals surface area (Å²) >= 11 is 2.75. The molecule has 0 saturated heterocycles. The zero-order valence-electron chi connectivity index (χ0n) is 16.6. The summed E-state index contributed by atoms with van der Waals surface area (Å²) < 4.78 is 16.0. The molecule has 2 aliphatic rings. The number of aromatic nitrogens is 2. The maximum atomic E-state index is 14.7. The second-order valence-electron chi connectivity index (χ2n) is 8.15. The molecule has 1 N–H and O–H groups in total. The van der Waals surface area contributed by atoms with E-state index in [1.54, 1.807) is 29.5 Å². The standard InChI is InChI=1S/C22H22FN3O2S2/c1-12-6-9-14-17(10-12)30-20-19(14)21(28)26(16-5-3-2-4-15(16)23)22(25-20)29-11-18(27)24-13-7-8-13/h2-5,12-13H,6-11H2,1H3,(H,24,27)/t12-/m0/s1. The number of hydrogen-bond donors (Lipinski definition) is 1. The normalized spacial score (nSPS) is 18.4. The molecule has 0 unspecified atom stereocenters. The van der Waals surface area contributed by atoms with Crippen molar-refractivity contribution in [3.05, 3.63) is 50.9 Å². The van der Waals surface area contributed by atoms with Crippen molar-refractivity contribution in [2.45, 2.75) is 50.2 Å². The van der Waals surface area contributed by atoms with Gasteiger partial charge >= 0.3 is 0 Å². The Hall–Kier alpha value is -2.19. The number of halogens is 1. The first-order valence-corrected chi connectivity index (χ1v) is 12.1. The highest BCUT2D eigenvalue weighted by molar-refractivity contribution is 7.99. The molecule has 156 valence electrons. The number of fused-ring (bicyclic) bond motifs is 3. The number of amides is 1. The molecular formula is C22H22FN3O2S2. The largest absolute Gasteiger partial charge is 0.353 e. The second kappa shape index (κ2) is 7.81. The predicted octanol–water partition coefficient (Wildman–Crippen LogP) is 4.08. The summed E-state index contributed by atoms with van der Waals surface area (Å²) in [5.41, 5.74) is 0.993. The van der Waals surface area contributed by atoms with Crippen molar-refractivity contribution < 1.29 is 9.18 Å². The van der Waals surface area contributed by atoms with Gasteiger partial charge in [0.1, 0.15) is 10.6 Å². The van der Waals surface area contributed by atoms with E-state index in [-0.39, 0.29) is 28.9 Å². The number of para-hydroxylation sites is 1. The molecule has 2 heterocycles. The number of carbonyl (C=O) groups excluding carboxylic acids is 1. The molecule has 2 aliphatic carbocycles. The zero-order valence-corrected chi connectivity index (χ0v) is 18.2. The first kappa shape index (κ1) is 19.8. The number of nitrogens with zero attached hydrogens (tertiary/aromatic N) is 2. The lowest BCUT2D eigenvalue weighted by atomic mass is 9.89. The summed E-state index contributed by atoms with van der Waals surface area (Å²) in [7, 11) is 0. The van der Waals surface area contributed by atoms with Crippen LogP contribution in [0.4, 0.5) is 4.39 Å². The lowest BCUT2D eigenvalue weighted by Crippen LogP contribution is -2.28. The highest BCUT2D eigenvalue weighted by atomic mass is 32.2. The van der Waals surface area contributed by atoms with Gasteiger partial charge in [-0.2, -0.15) is 0 Å². The molecular weight excluding hydrogens is 421 g/mol. The molecule has 30 heavy (non-hydrogen) atoms. The van der Waals surface area contributed by atoms with E-state index in [9.17, 15) is 14.0 Å². The summed E-state index contributed by atoms with van der Waals surface area (Å²) in [6.07, 6.45) is 4.86. The lowest BCUT2D eigenvalue weighted by molar-refractivity contribution is -0.118. The maximum Gasteiger partial charge on any atom is 0.267 e. The van der Waals surface area contributed by atoms with Gasteiger partial charge in [0.2, 0.25) is 5.91 Å². The molecule has 0 bridgehead atoms. The number of benzene rings is 1. The Labute approximate surface area is 181 Å². The monoisotopic (exact) mass is 443 g/mol. The number of carbonyl (C=O) groups is 1. The third-order valence-corrected chi connectivity index (χ3v) is 7.75. The molecule has 0 aliphatic heterocycles. The molecule has 0 spiro atoms. The fourth-order valence-corrected chi connectivity index (χ4v) is 6.18. The van der Waals surface area contributed by atoms with Crippen molar-refractivity contribution in [2.24, 2.45) is 5.92 Å². The summed E-state index contributed by atoms with van der Waals surface area (Å²) in [6.45, 7) is 2.22. The van der Waals surface area contributed by atoms with Crippen LogP contribution in [0.25, 0.3) is 15.9 Å². The van der Waals surface area contributed by atoms with Crippen LogP contribution < -0.4 is 10.9 Å².